The van der Waals surface area contributed by atoms with Gasteiger partial charge in [0.25, 0.3) is 0 Å². The van der Waals surface area contributed by atoms with Crippen LogP contribution < -0.4 is 16.8 Å². The van der Waals surface area contributed by atoms with Crippen LogP contribution in [-0.2, 0) is 6.42 Å². The molecule has 2 aromatic carbocycles. The zero-order valence-corrected chi connectivity index (χ0v) is 16.5. The van der Waals surface area contributed by atoms with Crippen LogP contribution in [0.25, 0.3) is 0 Å². The number of nitrogens with zero attached hydrogens (tertiary/aromatic N) is 2. The maximum atomic E-state index is 5.76. The van der Waals surface area contributed by atoms with Crippen molar-refractivity contribution in [1.82, 2.24) is 4.90 Å². The van der Waals surface area contributed by atoms with Gasteiger partial charge in [0.15, 0.2) is 0 Å². The lowest BCUT2D eigenvalue weighted by Crippen LogP contribution is -2.58. The Balaban J connectivity index is 1.33. The van der Waals surface area contributed by atoms with Gasteiger partial charge < -0.3 is 21.3 Å². The van der Waals surface area contributed by atoms with Gasteiger partial charge in [-0.25, -0.2) is 0 Å². The highest BCUT2D eigenvalue weighted by Gasteiger charge is 2.27. The minimum atomic E-state index is 0.810. The molecule has 2 aromatic rings. The summed E-state index contributed by atoms with van der Waals surface area (Å²) >= 11 is 0. The zero-order chi connectivity index (χ0) is 19.1. The highest BCUT2D eigenvalue weighted by Crippen LogP contribution is 2.14. The minimum Gasteiger partial charge on any atom is -0.399 e. The molecule has 1 fully saturated rings. The molecule has 0 saturated carbocycles. The molecule has 0 radical (unpaired) electrons. The predicted octanol–water partition coefficient (Wildman–Crippen LogP) is 2.66. The van der Waals surface area contributed by atoms with E-state index in [1.54, 1.807) is 0 Å². The summed E-state index contributed by atoms with van der Waals surface area (Å²) in [6.07, 6.45) is 2.38. The number of hydrogen-bond donors (Lipinski definition) is 3. The molecule has 1 heterocycles. The average Bonchev–Trinajstić information content (AvgIpc) is 2.67. The van der Waals surface area contributed by atoms with Gasteiger partial charge in [0.05, 0.1) is 26.7 Å². The van der Waals surface area contributed by atoms with Crippen LogP contribution in [0.15, 0.2) is 48.5 Å². The van der Waals surface area contributed by atoms with Crippen molar-refractivity contribution in [2.75, 3.05) is 69.6 Å². The molecule has 0 unspecified atom stereocenters. The van der Waals surface area contributed by atoms with Gasteiger partial charge in [-0.05, 0) is 48.4 Å². The van der Waals surface area contributed by atoms with Crippen LogP contribution in [0.1, 0.15) is 12.0 Å². The molecule has 1 saturated heterocycles. The number of nitrogens with two attached hydrogens (primary N) is 2. The van der Waals surface area contributed by atoms with E-state index in [9.17, 15) is 0 Å². The van der Waals surface area contributed by atoms with Crippen LogP contribution >= 0.6 is 0 Å². The predicted molar refractivity (Wildman–Crippen MR) is 116 cm³/mol. The fourth-order valence-corrected chi connectivity index (χ4v) is 3.75. The summed E-state index contributed by atoms with van der Waals surface area (Å²) in [5, 5.41) is 3.49. The molecular weight excluding hydrogens is 334 g/mol. The first-order chi connectivity index (χ1) is 13.0. The topological polar surface area (TPSA) is 67.3 Å². The van der Waals surface area contributed by atoms with Gasteiger partial charge >= 0.3 is 0 Å². The molecule has 0 bridgehead atoms. The van der Waals surface area contributed by atoms with Crippen molar-refractivity contribution in [2.45, 2.75) is 12.8 Å². The molecule has 1 aliphatic rings. The highest BCUT2D eigenvalue weighted by atomic mass is 15.4. The summed E-state index contributed by atoms with van der Waals surface area (Å²) in [4.78, 5) is 2.57. The van der Waals surface area contributed by atoms with E-state index < -0.39 is 0 Å². The molecule has 27 heavy (non-hydrogen) atoms. The number of quaternary nitrogens is 1. The second-order valence-corrected chi connectivity index (χ2v) is 8.03. The molecule has 0 spiro atoms. The Bertz CT molecular complexity index is 688. The van der Waals surface area contributed by atoms with Crippen molar-refractivity contribution in [2.24, 2.45) is 0 Å². The van der Waals surface area contributed by atoms with E-state index >= 15 is 0 Å². The molecule has 0 atom stereocenters. The molecule has 0 aromatic heterocycles. The fourth-order valence-electron chi connectivity index (χ4n) is 3.75. The number of rotatable bonds is 8. The first-order valence-electron chi connectivity index (χ1n) is 10.0. The fraction of sp³-hybridized carbons (Fsp3) is 0.455. The maximum Gasteiger partial charge on any atom is 0.0914 e. The van der Waals surface area contributed by atoms with Gasteiger partial charge in [-0.15, -0.1) is 0 Å². The molecule has 0 aliphatic carbocycles. The van der Waals surface area contributed by atoms with Gasteiger partial charge in [0.2, 0.25) is 0 Å². The number of piperazine rings is 1. The molecule has 3 rings (SSSR count). The molecule has 5 N–H and O–H groups in total. The smallest absolute Gasteiger partial charge is 0.0914 e. The van der Waals surface area contributed by atoms with Crippen molar-refractivity contribution in [3.05, 3.63) is 54.1 Å². The summed E-state index contributed by atoms with van der Waals surface area (Å²) in [5.74, 6) is 0. The van der Waals surface area contributed by atoms with Crippen LogP contribution in [0, 0.1) is 0 Å². The van der Waals surface area contributed by atoms with E-state index in [0.717, 1.165) is 36.6 Å². The molecular formula is C22H34N5+. The number of hydrogen-bond acceptors (Lipinski definition) is 4. The SMILES string of the molecule is C[N+]1(CCCc2ccc(N)cc2)CCN(CCNc2ccc(N)cc2)CC1. The van der Waals surface area contributed by atoms with Gasteiger partial charge in [0, 0.05) is 49.7 Å². The third-order valence-corrected chi connectivity index (χ3v) is 5.72. The quantitative estimate of drug-likeness (QED) is 0.495. The summed E-state index contributed by atoms with van der Waals surface area (Å²) in [7, 11) is 2.41. The molecule has 5 heteroatoms. The molecule has 146 valence electrons. The number of nitrogens with one attached hydrogen (secondary N) is 1. The first kappa shape index (κ1) is 19.5. The first-order valence-corrected chi connectivity index (χ1v) is 10.0. The minimum absolute atomic E-state index is 0.810. The lowest BCUT2D eigenvalue weighted by Gasteiger charge is -2.42. The Morgan fingerprint density at radius 3 is 2.15 bits per heavy atom. The number of likely N-dealkylation sites (N-methyl/N-ethyl adjacent to an activating group) is 1. The monoisotopic (exact) mass is 368 g/mol. The lowest BCUT2D eigenvalue weighted by atomic mass is 10.1. The van der Waals surface area contributed by atoms with Crippen molar-refractivity contribution < 1.29 is 4.48 Å². The highest BCUT2D eigenvalue weighted by molar-refractivity contribution is 5.51. The van der Waals surface area contributed by atoms with Crippen LogP contribution in [0.2, 0.25) is 0 Å². The summed E-state index contributed by atoms with van der Waals surface area (Å²) in [6, 6.07) is 16.3. The van der Waals surface area contributed by atoms with Crippen LogP contribution in [-0.4, -0.2) is 62.2 Å². The van der Waals surface area contributed by atoms with Gasteiger partial charge in [-0.2, -0.15) is 0 Å². The van der Waals surface area contributed by atoms with Crippen LogP contribution in [0.3, 0.4) is 0 Å². The number of anilines is 3. The third-order valence-electron chi connectivity index (χ3n) is 5.72. The normalized spacial score (nSPS) is 16.9. The summed E-state index contributed by atoms with van der Waals surface area (Å²) in [6.45, 7) is 8.17. The lowest BCUT2D eigenvalue weighted by molar-refractivity contribution is -0.913. The van der Waals surface area contributed by atoms with Crippen molar-refractivity contribution in [1.29, 1.82) is 0 Å². The molecule has 0 amide bonds. The Morgan fingerprint density at radius 1 is 0.926 bits per heavy atom. The second-order valence-electron chi connectivity index (χ2n) is 8.03. The Kier molecular flexibility index (Phi) is 6.58. The number of benzene rings is 2. The van der Waals surface area contributed by atoms with E-state index in [1.807, 2.05) is 36.4 Å². The van der Waals surface area contributed by atoms with Gasteiger partial charge in [0.1, 0.15) is 0 Å². The third kappa shape index (κ3) is 6.15. The number of nitrogen functional groups attached to an aromatic ring is 2. The van der Waals surface area contributed by atoms with E-state index in [0.29, 0.717) is 0 Å². The largest absolute Gasteiger partial charge is 0.399 e. The second kappa shape index (κ2) is 9.11. The molecule has 1 aliphatic heterocycles. The van der Waals surface area contributed by atoms with E-state index in [1.165, 1.54) is 49.2 Å². The zero-order valence-electron chi connectivity index (χ0n) is 16.5. The van der Waals surface area contributed by atoms with E-state index in [-0.39, 0.29) is 0 Å². The number of aryl methyl sites for hydroxylation is 1. The van der Waals surface area contributed by atoms with Gasteiger partial charge in [-0.1, -0.05) is 12.1 Å². The Labute approximate surface area is 163 Å². The summed E-state index contributed by atoms with van der Waals surface area (Å²) < 4.78 is 1.19. The van der Waals surface area contributed by atoms with Crippen LogP contribution in [0.4, 0.5) is 17.1 Å². The van der Waals surface area contributed by atoms with Crippen LogP contribution in [0.5, 0.6) is 0 Å². The van der Waals surface area contributed by atoms with Crippen molar-refractivity contribution >= 4 is 17.1 Å². The standard InChI is InChI=1S/C22H34N5/c1-27(16-2-3-19-4-6-20(23)7-5-19)17-14-26(15-18-27)13-12-25-22-10-8-21(24)9-11-22/h4-11,25H,2-3,12-18,23-24H2,1H3/q+1. The summed E-state index contributed by atoms with van der Waals surface area (Å²) in [5.41, 5.74) is 15.7. The Morgan fingerprint density at radius 2 is 1.52 bits per heavy atom. The van der Waals surface area contributed by atoms with E-state index in [4.69, 9.17) is 11.5 Å². The van der Waals surface area contributed by atoms with Crippen molar-refractivity contribution in [3.63, 3.8) is 0 Å². The maximum absolute atomic E-state index is 5.76. The van der Waals surface area contributed by atoms with Crippen molar-refractivity contribution in [3.8, 4) is 0 Å². The molecule has 5 nitrogen and oxygen atoms in total. The Hall–Kier alpha value is -2.24. The van der Waals surface area contributed by atoms with Gasteiger partial charge in [-0.3, -0.25) is 4.90 Å². The average molecular weight is 369 g/mol. The van der Waals surface area contributed by atoms with E-state index in [2.05, 4.69) is 29.4 Å².